The summed E-state index contributed by atoms with van der Waals surface area (Å²) in [6.45, 7) is 1.40. The standard InChI is InChI=1S/C6H7BrF2O3/c1-2-4(10)12-5(11)6(8,9)3-7/h2-3H2,1H3. The molecular weight excluding hydrogens is 238 g/mol. The zero-order valence-corrected chi connectivity index (χ0v) is 7.86. The number of halogens is 3. The van der Waals surface area contributed by atoms with Gasteiger partial charge in [0.2, 0.25) is 0 Å². The number of hydrogen-bond acceptors (Lipinski definition) is 3. The average Bonchev–Trinajstić information content (AvgIpc) is 2.04. The van der Waals surface area contributed by atoms with E-state index in [2.05, 4.69) is 20.7 Å². The first-order valence-electron chi connectivity index (χ1n) is 3.13. The van der Waals surface area contributed by atoms with Crippen LogP contribution in [0.2, 0.25) is 0 Å². The summed E-state index contributed by atoms with van der Waals surface area (Å²) in [7, 11) is 0. The van der Waals surface area contributed by atoms with E-state index in [1.54, 1.807) is 0 Å². The maximum atomic E-state index is 12.4. The van der Waals surface area contributed by atoms with Gasteiger partial charge in [-0.3, -0.25) is 4.79 Å². The highest BCUT2D eigenvalue weighted by Gasteiger charge is 2.40. The summed E-state index contributed by atoms with van der Waals surface area (Å²) < 4.78 is 28.5. The van der Waals surface area contributed by atoms with Crippen molar-refractivity contribution in [3.63, 3.8) is 0 Å². The quantitative estimate of drug-likeness (QED) is 0.430. The molecule has 0 fully saturated rings. The third kappa shape index (κ3) is 3.25. The Labute approximate surface area is 76.2 Å². The Hall–Kier alpha value is -0.520. The lowest BCUT2D eigenvalue weighted by molar-refractivity contribution is -0.176. The lowest BCUT2D eigenvalue weighted by Crippen LogP contribution is -2.33. The van der Waals surface area contributed by atoms with Crippen LogP contribution in [-0.4, -0.2) is 23.2 Å². The lowest BCUT2D eigenvalue weighted by atomic mass is 10.4. The predicted octanol–water partition coefficient (Wildman–Crippen LogP) is 1.50. The first kappa shape index (κ1) is 11.5. The van der Waals surface area contributed by atoms with Crippen LogP contribution in [0.25, 0.3) is 0 Å². The monoisotopic (exact) mass is 244 g/mol. The molecule has 0 radical (unpaired) electrons. The zero-order chi connectivity index (χ0) is 9.78. The average molecular weight is 245 g/mol. The van der Waals surface area contributed by atoms with Gasteiger partial charge in [-0.05, 0) is 0 Å². The summed E-state index contributed by atoms with van der Waals surface area (Å²) in [6.07, 6.45) is -0.107. The van der Waals surface area contributed by atoms with Crippen LogP contribution in [0.5, 0.6) is 0 Å². The number of alkyl halides is 3. The largest absolute Gasteiger partial charge is 0.389 e. The Kier molecular flexibility index (Phi) is 4.30. The van der Waals surface area contributed by atoms with E-state index < -0.39 is 23.2 Å². The van der Waals surface area contributed by atoms with Crippen molar-refractivity contribution in [3.8, 4) is 0 Å². The highest BCUT2D eigenvalue weighted by Crippen LogP contribution is 2.18. The minimum atomic E-state index is -3.63. The van der Waals surface area contributed by atoms with Crippen molar-refractivity contribution < 1.29 is 23.1 Å². The number of carbonyl (C=O) groups excluding carboxylic acids is 2. The van der Waals surface area contributed by atoms with E-state index in [4.69, 9.17) is 0 Å². The van der Waals surface area contributed by atoms with E-state index in [9.17, 15) is 18.4 Å². The summed E-state index contributed by atoms with van der Waals surface area (Å²) in [4.78, 5) is 20.8. The third-order valence-corrected chi connectivity index (χ3v) is 1.67. The fourth-order valence-corrected chi connectivity index (χ4v) is 0.534. The SMILES string of the molecule is CCC(=O)OC(=O)C(F)(F)CBr. The van der Waals surface area contributed by atoms with Crippen molar-refractivity contribution >= 4 is 27.9 Å². The highest BCUT2D eigenvalue weighted by atomic mass is 79.9. The fourth-order valence-electron chi connectivity index (χ4n) is 0.305. The van der Waals surface area contributed by atoms with E-state index in [1.807, 2.05) is 0 Å². The van der Waals surface area contributed by atoms with Crippen molar-refractivity contribution in [2.45, 2.75) is 19.3 Å². The molecule has 0 aliphatic rings. The summed E-state index contributed by atoms with van der Waals surface area (Å²) in [5.74, 6) is -6.41. The Morgan fingerprint density at radius 2 is 2.00 bits per heavy atom. The van der Waals surface area contributed by atoms with Gasteiger partial charge in [0.05, 0.1) is 5.33 Å². The second-order valence-corrected chi connectivity index (χ2v) is 2.51. The van der Waals surface area contributed by atoms with Crippen LogP contribution in [0.3, 0.4) is 0 Å². The molecule has 12 heavy (non-hydrogen) atoms. The molecule has 0 aromatic rings. The third-order valence-electron chi connectivity index (χ3n) is 0.962. The number of ether oxygens (including phenoxy) is 1. The van der Waals surface area contributed by atoms with Crippen molar-refractivity contribution in [2.75, 3.05) is 5.33 Å². The second-order valence-electron chi connectivity index (χ2n) is 1.95. The molecule has 0 bridgehead atoms. The first-order valence-corrected chi connectivity index (χ1v) is 4.25. The Morgan fingerprint density at radius 1 is 1.50 bits per heavy atom. The molecular formula is C6H7BrF2O3. The molecule has 0 amide bonds. The summed E-state index contributed by atoms with van der Waals surface area (Å²) in [5.41, 5.74) is 0. The van der Waals surface area contributed by atoms with Gasteiger partial charge in [0.15, 0.2) is 0 Å². The van der Waals surface area contributed by atoms with Crippen LogP contribution < -0.4 is 0 Å². The number of rotatable bonds is 3. The van der Waals surface area contributed by atoms with Gasteiger partial charge in [0.25, 0.3) is 0 Å². The van der Waals surface area contributed by atoms with E-state index in [1.165, 1.54) is 6.92 Å². The Balaban J connectivity index is 4.13. The maximum absolute atomic E-state index is 12.4. The highest BCUT2D eigenvalue weighted by molar-refractivity contribution is 9.09. The Bertz CT molecular complexity index is 193. The molecule has 0 unspecified atom stereocenters. The zero-order valence-electron chi connectivity index (χ0n) is 6.27. The van der Waals surface area contributed by atoms with Crippen LogP contribution in [-0.2, 0) is 14.3 Å². The van der Waals surface area contributed by atoms with Crippen LogP contribution in [0, 0.1) is 0 Å². The predicted molar refractivity (Wildman–Crippen MR) is 40.1 cm³/mol. The molecule has 0 N–H and O–H groups in total. The van der Waals surface area contributed by atoms with Crippen molar-refractivity contribution in [1.29, 1.82) is 0 Å². The summed E-state index contributed by atoms with van der Waals surface area (Å²) >= 11 is 2.42. The fraction of sp³-hybridized carbons (Fsp3) is 0.667. The molecule has 0 saturated carbocycles. The first-order chi connectivity index (χ1) is 5.44. The van der Waals surface area contributed by atoms with Gasteiger partial charge < -0.3 is 4.74 Å². The van der Waals surface area contributed by atoms with Crippen molar-refractivity contribution in [1.82, 2.24) is 0 Å². The maximum Gasteiger partial charge on any atom is 0.385 e. The van der Waals surface area contributed by atoms with Gasteiger partial charge in [0, 0.05) is 6.42 Å². The molecule has 0 aromatic carbocycles. The van der Waals surface area contributed by atoms with Gasteiger partial charge in [-0.1, -0.05) is 22.9 Å². The van der Waals surface area contributed by atoms with Crippen molar-refractivity contribution in [3.05, 3.63) is 0 Å². The van der Waals surface area contributed by atoms with Crippen molar-refractivity contribution in [2.24, 2.45) is 0 Å². The number of hydrogen-bond donors (Lipinski definition) is 0. The van der Waals surface area contributed by atoms with Gasteiger partial charge in [-0.25, -0.2) is 4.79 Å². The minimum Gasteiger partial charge on any atom is -0.389 e. The number of esters is 2. The molecule has 0 aliphatic carbocycles. The molecule has 0 saturated heterocycles. The normalized spacial score (nSPS) is 11.0. The van der Waals surface area contributed by atoms with Crippen LogP contribution in [0.1, 0.15) is 13.3 Å². The van der Waals surface area contributed by atoms with E-state index in [0.29, 0.717) is 0 Å². The molecule has 3 nitrogen and oxygen atoms in total. The molecule has 0 atom stereocenters. The van der Waals surface area contributed by atoms with Crippen LogP contribution in [0.4, 0.5) is 8.78 Å². The van der Waals surface area contributed by atoms with Crippen LogP contribution >= 0.6 is 15.9 Å². The van der Waals surface area contributed by atoms with Crippen LogP contribution in [0.15, 0.2) is 0 Å². The minimum absolute atomic E-state index is 0.107. The van der Waals surface area contributed by atoms with E-state index in [-0.39, 0.29) is 6.42 Å². The van der Waals surface area contributed by atoms with Gasteiger partial charge >= 0.3 is 17.9 Å². The van der Waals surface area contributed by atoms with E-state index >= 15 is 0 Å². The van der Waals surface area contributed by atoms with Gasteiger partial charge in [-0.2, -0.15) is 8.78 Å². The molecule has 0 heterocycles. The topological polar surface area (TPSA) is 43.4 Å². The molecule has 0 aliphatic heterocycles. The molecule has 0 spiro atoms. The van der Waals surface area contributed by atoms with Gasteiger partial charge in [-0.15, -0.1) is 0 Å². The smallest absolute Gasteiger partial charge is 0.385 e. The summed E-state index contributed by atoms with van der Waals surface area (Å²) in [5, 5.41) is -0.851. The molecule has 0 rings (SSSR count). The Morgan fingerprint density at radius 3 is 2.33 bits per heavy atom. The van der Waals surface area contributed by atoms with E-state index in [0.717, 1.165) is 0 Å². The molecule has 0 aromatic heterocycles. The van der Waals surface area contributed by atoms with Gasteiger partial charge in [0.1, 0.15) is 0 Å². The molecule has 6 heteroatoms. The second kappa shape index (κ2) is 4.49. The lowest BCUT2D eigenvalue weighted by Gasteiger charge is -2.09. The number of carbonyl (C=O) groups is 2. The summed E-state index contributed by atoms with van der Waals surface area (Å²) in [6, 6.07) is 0. The molecule has 70 valence electrons.